The first kappa shape index (κ1) is 10.1. The zero-order chi connectivity index (χ0) is 9.68. The van der Waals surface area contributed by atoms with E-state index in [-0.39, 0.29) is 5.91 Å². The molecule has 72 valence electrons. The zero-order valence-electron chi connectivity index (χ0n) is 7.53. The highest BCUT2D eigenvalue weighted by Crippen LogP contribution is 2.04. The molecule has 1 aromatic rings. The van der Waals surface area contributed by atoms with Crippen LogP contribution in [-0.4, -0.2) is 21.4 Å². The lowest BCUT2D eigenvalue weighted by Gasteiger charge is -1.98. The van der Waals surface area contributed by atoms with Gasteiger partial charge in [-0.2, -0.15) is 17.7 Å². The molecule has 1 N–H and O–H groups in total. The fourth-order valence-electron chi connectivity index (χ4n) is 0.926. The van der Waals surface area contributed by atoms with Crippen LogP contribution in [0.2, 0.25) is 0 Å². The van der Waals surface area contributed by atoms with Crippen molar-refractivity contribution in [1.29, 1.82) is 0 Å². The molecule has 1 heterocycles. The molecule has 0 spiro atoms. The van der Waals surface area contributed by atoms with Gasteiger partial charge in [0, 0.05) is 19.2 Å². The smallest absolute Gasteiger partial charge is 0.225 e. The lowest BCUT2D eigenvalue weighted by molar-refractivity contribution is -0.115. The first-order valence-electron chi connectivity index (χ1n) is 4.19. The highest BCUT2D eigenvalue weighted by Gasteiger charge is 2.02. The normalized spacial score (nSPS) is 10.0. The van der Waals surface area contributed by atoms with Crippen LogP contribution >= 0.6 is 12.6 Å². The second kappa shape index (κ2) is 4.91. The molecule has 0 bridgehead atoms. The number of nitrogens with zero attached hydrogens (tertiary/aromatic N) is 2. The first-order chi connectivity index (χ1) is 6.26. The van der Waals surface area contributed by atoms with Gasteiger partial charge < -0.3 is 5.32 Å². The van der Waals surface area contributed by atoms with E-state index in [0.29, 0.717) is 12.2 Å². The third kappa shape index (κ3) is 3.10. The van der Waals surface area contributed by atoms with Gasteiger partial charge in [-0.3, -0.25) is 9.48 Å². The molecular weight excluding hydrogens is 186 g/mol. The summed E-state index contributed by atoms with van der Waals surface area (Å²) in [4.78, 5) is 11.1. The van der Waals surface area contributed by atoms with Gasteiger partial charge in [0.05, 0.1) is 11.9 Å². The number of thiol groups is 1. The minimum atomic E-state index is -0.0225. The Morgan fingerprint density at radius 2 is 2.54 bits per heavy atom. The maximum Gasteiger partial charge on any atom is 0.225 e. The molecule has 1 amide bonds. The number of aryl methyl sites for hydroxylation is 1. The van der Waals surface area contributed by atoms with Gasteiger partial charge in [0.25, 0.3) is 0 Å². The Hall–Kier alpha value is -0.970. The molecule has 5 heteroatoms. The summed E-state index contributed by atoms with van der Waals surface area (Å²) in [6, 6.07) is 0. The van der Waals surface area contributed by atoms with Crippen molar-refractivity contribution >= 4 is 24.2 Å². The standard InChI is InChI=1S/C8H13N3OS/c1-2-11-6-7(5-9-11)10-8(12)3-4-13/h5-6,13H,2-4H2,1H3,(H,10,12). The summed E-state index contributed by atoms with van der Waals surface area (Å²) < 4.78 is 1.76. The second-order valence-electron chi connectivity index (χ2n) is 2.61. The van der Waals surface area contributed by atoms with E-state index >= 15 is 0 Å². The van der Waals surface area contributed by atoms with Crippen LogP contribution < -0.4 is 5.32 Å². The van der Waals surface area contributed by atoms with Gasteiger partial charge >= 0.3 is 0 Å². The van der Waals surface area contributed by atoms with Crippen molar-refractivity contribution in [3.8, 4) is 0 Å². The van der Waals surface area contributed by atoms with Gasteiger partial charge in [0.1, 0.15) is 0 Å². The van der Waals surface area contributed by atoms with Crippen molar-refractivity contribution in [2.45, 2.75) is 19.9 Å². The molecule has 0 aromatic carbocycles. The van der Waals surface area contributed by atoms with E-state index < -0.39 is 0 Å². The van der Waals surface area contributed by atoms with Gasteiger partial charge in [-0.15, -0.1) is 0 Å². The predicted octanol–water partition coefficient (Wildman–Crippen LogP) is 1.16. The fourth-order valence-corrected chi connectivity index (χ4v) is 1.13. The summed E-state index contributed by atoms with van der Waals surface area (Å²) in [6.07, 6.45) is 3.87. The Balaban J connectivity index is 2.49. The number of hydrogen-bond acceptors (Lipinski definition) is 3. The summed E-state index contributed by atoms with van der Waals surface area (Å²) >= 11 is 3.97. The molecule has 1 aromatic heterocycles. The van der Waals surface area contributed by atoms with Gasteiger partial charge in [0.15, 0.2) is 0 Å². The third-order valence-corrected chi connectivity index (χ3v) is 1.80. The number of aromatic nitrogens is 2. The molecular formula is C8H13N3OS. The molecule has 0 aliphatic carbocycles. The van der Waals surface area contributed by atoms with Crippen LogP contribution in [0.5, 0.6) is 0 Å². The van der Waals surface area contributed by atoms with Gasteiger partial charge in [-0.25, -0.2) is 0 Å². The zero-order valence-corrected chi connectivity index (χ0v) is 8.42. The molecule has 0 saturated heterocycles. The molecule has 4 nitrogen and oxygen atoms in total. The summed E-state index contributed by atoms with van der Waals surface area (Å²) in [5, 5.41) is 6.76. The summed E-state index contributed by atoms with van der Waals surface area (Å²) in [5.41, 5.74) is 0.744. The van der Waals surface area contributed by atoms with Crippen LogP contribution in [0, 0.1) is 0 Å². The summed E-state index contributed by atoms with van der Waals surface area (Å²) in [7, 11) is 0. The Morgan fingerprint density at radius 3 is 3.08 bits per heavy atom. The quantitative estimate of drug-likeness (QED) is 0.715. The maximum atomic E-state index is 11.1. The molecule has 0 aliphatic heterocycles. The lowest BCUT2D eigenvalue weighted by atomic mass is 10.4. The fraction of sp³-hybridized carbons (Fsp3) is 0.500. The SMILES string of the molecule is CCn1cc(NC(=O)CCS)cn1. The van der Waals surface area contributed by atoms with Crippen LogP contribution in [-0.2, 0) is 11.3 Å². The number of hydrogen-bond donors (Lipinski definition) is 2. The molecule has 13 heavy (non-hydrogen) atoms. The van der Waals surface area contributed by atoms with Crippen LogP contribution in [0.3, 0.4) is 0 Å². The van der Waals surface area contributed by atoms with E-state index in [4.69, 9.17) is 0 Å². The van der Waals surface area contributed by atoms with E-state index in [1.165, 1.54) is 0 Å². The molecule has 0 fully saturated rings. The minimum Gasteiger partial charge on any atom is -0.323 e. The van der Waals surface area contributed by atoms with Gasteiger partial charge in [-0.05, 0) is 12.7 Å². The van der Waals surface area contributed by atoms with Crippen LogP contribution in [0.4, 0.5) is 5.69 Å². The predicted molar refractivity (Wildman–Crippen MR) is 55.0 cm³/mol. The molecule has 0 unspecified atom stereocenters. The van der Waals surface area contributed by atoms with Gasteiger partial charge in [0.2, 0.25) is 5.91 Å². The van der Waals surface area contributed by atoms with Crippen molar-refractivity contribution in [3.63, 3.8) is 0 Å². The minimum absolute atomic E-state index is 0.0225. The number of anilines is 1. The number of carbonyl (C=O) groups excluding carboxylic acids is 1. The summed E-state index contributed by atoms with van der Waals surface area (Å²) in [6.45, 7) is 2.80. The van der Waals surface area contributed by atoms with Crippen molar-refractivity contribution in [1.82, 2.24) is 9.78 Å². The van der Waals surface area contributed by atoms with E-state index in [9.17, 15) is 4.79 Å². The van der Waals surface area contributed by atoms with Crippen molar-refractivity contribution < 1.29 is 4.79 Å². The highest BCUT2D eigenvalue weighted by molar-refractivity contribution is 7.80. The Morgan fingerprint density at radius 1 is 1.77 bits per heavy atom. The molecule has 0 aliphatic rings. The average molecular weight is 199 g/mol. The maximum absolute atomic E-state index is 11.1. The molecule has 0 atom stereocenters. The number of rotatable bonds is 4. The van der Waals surface area contributed by atoms with Crippen molar-refractivity contribution in [2.75, 3.05) is 11.1 Å². The van der Waals surface area contributed by atoms with E-state index in [0.717, 1.165) is 12.2 Å². The number of nitrogens with one attached hydrogen (secondary N) is 1. The Labute approximate surface area is 82.7 Å². The Kier molecular flexibility index (Phi) is 3.82. The van der Waals surface area contributed by atoms with Crippen molar-refractivity contribution in [2.24, 2.45) is 0 Å². The lowest BCUT2D eigenvalue weighted by Crippen LogP contribution is -2.11. The second-order valence-corrected chi connectivity index (χ2v) is 3.05. The topological polar surface area (TPSA) is 46.9 Å². The van der Waals surface area contributed by atoms with Crippen LogP contribution in [0.25, 0.3) is 0 Å². The van der Waals surface area contributed by atoms with Crippen LogP contribution in [0.15, 0.2) is 12.4 Å². The first-order valence-corrected chi connectivity index (χ1v) is 4.82. The van der Waals surface area contributed by atoms with Crippen molar-refractivity contribution in [3.05, 3.63) is 12.4 Å². The molecule has 0 radical (unpaired) electrons. The van der Waals surface area contributed by atoms with E-state index in [1.807, 2.05) is 6.92 Å². The van der Waals surface area contributed by atoms with Gasteiger partial charge in [-0.1, -0.05) is 0 Å². The van der Waals surface area contributed by atoms with Crippen LogP contribution in [0.1, 0.15) is 13.3 Å². The number of carbonyl (C=O) groups is 1. The summed E-state index contributed by atoms with van der Waals surface area (Å²) in [5.74, 6) is 0.541. The third-order valence-electron chi connectivity index (χ3n) is 1.58. The molecule has 1 rings (SSSR count). The molecule has 0 saturated carbocycles. The number of amides is 1. The van der Waals surface area contributed by atoms with E-state index in [1.54, 1.807) is 17.1 Å². The monoisotopic (exact) mass is 199 g/mol. The van der Waals surface area contributed by atoms with E-state index in [2.05, 4.69) is 23.0 Å². The highest BCUT2D eigenvalue weighted by atomic mass is 32.1. The largest absolute Gasteiger partial charge is 0.323 e. The Bertz CT molecular complexity index is 285. The average Bonchev–Trinajstić information content (AvgIpc) is 2.52.